The average molecular weight is 494 g/mol. The second-order valence-electron chi connectivity index (χ2n) is 10.3. The predicted molar refractivity (Wildman–Crippen MR) is 156 cm³/mol. The first-order valence-corrected chi connectivity index (χ1v) is 12.9. The van der Waals surface area contributed by atoms with Gasteiger partial charge in [0.05, 0.1) is 22.1 Å². The van der Waals surface area contributed by atoms with Gasteiger partial charge in [-0.3, -0.25) is 4.57 Å². The molecule has 0 unspecified atom stereocenters. The van der Waals surface area contributed by atoms with Gasteiger partial charge in [0.1, 0.15) is 11.6 Å². The van der Waals surface area contributed by atoms with E-state index in [2.05, 4.69) is 114 Å². The lowest BCUT2D eigenvalue weighted by Crippen LogP contribution is -2.19. The van der Waals surface area contributed by atoms with Crippen molar-refractivity contribution in [2.75, 3.05) is 0 Å². The van der Waals surface area contributed by atoms with E-state index in [4.69, 9.17) is 4.98 Å². The summed E-state index contributed by atoms with van der Waals surface area (Å²) in [5, 5.41) is 12.8. The normalized spacial score (nSPS) is 12.1. The number of aromatic hydroxyl groups is 1. The molecule has 3 heterocycles. The van der Waals surface area contributed by atoms with Crippen molar-refractivity contribution in [2.45, 2.75) is 19.3 Å². The van der Waals surface area contributed by atoms with E-state index in [-0.39, 0.29) is 11.2 Å². The van der Waals surface area contributed by atoms with Crippen molar-refractivity contribution >= 4 is 32.8 Å². The Morgan fingerprint density at radius 1 is 0.605 bits per heavy atom. The Morgan fingerprint density at radius 3 is 2.05 bits per heavy atom. The van der Waals surface area contributed by atoms with Crippen molar-refractivity contribution in [3.8, 4) is 17.3 Å². The molecule has 7 aromatic rings. The summed E-state index contributed by atoms with van der Waals surface area (Å²) in [7, 11) is 0. The Labute approximate surface area is 221 Å². The van der Waals surface area contributed by atoms with E-state index in [1.54, 1.807) is 6.07 Å². The van der Waals surface area contributed by atoms with Crippen LogP contribution in [-0.2, 0) is 5.41 Å². The number of phenols is 1. The molecule has 0 bridgehead atoms. The largest absolute Gasteiger partial charge is 0.508 e. The van der Waals surface area contributed by atoms with Crippen LogP contribution in [0.25, 0.3) is 44.3 Å². The minimum atomic E-state index is -0.207. The molecule has 3 aromatic heterocycles. The van der Waals surface area contributed by atoms with Crippen molar-refractivity contribution in [3.63, 3.8) is 0 Å². The fourth-order valence-electron chi connectivity index (χ4n) is 5.76. The number of hydrogen-bond acceptors (Lipinski definition) is 2. The number of benzene rings is 4. The van der Waals surface area contributed by atoms with Crippen LogP contribution in [0.4, 0.5) is 0 Å². The maximum atomic E-state index is 10.6. The maximum absolute atomic E-state index is 10.6. The molecule has 38 heavy (non-hydrogen) atoms. The van der Waals surface area contributed by atoms with Gasteiger partial charge >= 0.3 is 0 Å². The lowest BCUT2D eigenvalue weighted by atomic mass is 9.78. The zero-order chi connectivity index (χ0) is 25.9. The second kappa shape index (κ2) is 8.35. The van der Waals surface area contributed by atoms with Gasteiger partial charge in [0.2, 0.25) is 0 Å². The molecule has 0 aliphatic carbocycles. The highest BCUT2D eigenvalue weighted by Crippen LogP contribution is 2.41. The first kappa shape index (κ1) is 22.4. The minimum absolute atomic E-state index is 0.207. The first-order chi connectivity index (χ1) is 18.5. The van der Waals surface area contributed by atoms with Crippen molar-refractivity contribution < 1.29 is 5.11 Å². The van der Waals surface area contributed by atoms with Crippen LogP contribution in [-0.4, -0.2) is 19.2 Å². The fourth-order valence-corrected chi connectivity index (χ4v) is 5.76. The molecular formula is C34H27N3O. The second-order valence-corrected chi connectivity index (χ2v) is 10.3. The van der Waals surface area contributed by atoms with Gasteiger partial charge in [-0.1, -0.05) is 80.6 Å². The van der Waals surface area contributed by atoms with Gasteiger partial charge in [-0.15, -0.1) is 0 Å². The molecule has 4 aromatic carbocycles. The Bertz CT molecular complexity index is 1950. The van der Waals surface area contributed by atoms with Crippen molar-refractivity contribution in [3.05, 3.63) is 133 Å². The number of para-hydroxylation sites is 2. The molecule has 184 valence electrons. The molecule has 4 nitrogen and oxygen atoms in total. The number of fused-ring (bicyclic) bond motifs is 5. The van der Waals surface area contributed by atoms with Crippen molar-refractivity contribution in [1.29, 1.82) is 0 Å². The van der Waals surface area contributed by atoms with E-state index in [1.807, 2.05) is 24.4 Å². The van der Waals surface area contributed by atoms with Crippen LogP contribution in [0.1, 0.15) is 25.0 Å². The molecule has 1 N–H and O–H groups in total. The molecule has 0 aliphatic heterocycles. The van der Waals surface area contributed by atoms with Crippen LogP contribution in [0.5, 0.6) is 5.75 Å². The summed E-state index contributed by atoms with van der Waals surface area (Å²) in [4.78, 5) is 4.88. The predicted octanol–water partition coefficient (Wildman–Crippen LogP) is 8.15. The maximum Gasteiger partial charge on any atom is 0.137 e. The Kier molecular flexibility index (Phi) is 4.92. The van der Waals surface area contributed by atoms with Gasteiger partial charge < -0.3 is 9.67 Å². The molecule has 0 saturated carbocycles. The molecule has 0 atom stereocenters. The Hall–Kier alpha value is -4.83. The van der Waals surface area contributed by atoms with Gasteiger partial charge in [-0.05, 0) is 53.6 Å². The van der Waals surface area contributed by atoms with Crippen molar-refractivity contribution in [2.24, 2.45) is 0 Å². The molecule has 0 aliphatic rings. The lowest BCUT2D eigenvalue weighted by Gasteiger charge is -2.26. The number of pyridine rings is 1. The summed E-state index contributed by atoms with van der Waals surface area (Å²) in [5.41, 5.74) is 7.54. The topological polar surface area (TPSA) is 43.0 Å². The van der Waals surface area contributed by atoms with Crippen LogP contribution in [0.15, 0.2) is 121 Å². The number of nitrogens with zero attached hydrogens (tertiary/aromatic N) is 3. The highest BCUT2D eigenvalue weighted by molar-refractivity contribution is 6.20. The van der Waals surface area contributed by atoms with E-state index in [0.717, 1.165) is 44.3 Å². The van der Waals surface area contributed by atoms with Gasteiger partial charge in [0.25, 0.3) is 0 Å². The van der Waals surface area contributed by atoms with E-state index in [0.29, 0.717) is 0 Å². The molecule has 0 amide bonds. The highest BCUT2D eigenvalue weighted by atomic mass is 16.3. The van der Waals surface area contributed by atoms with Crippen molar-refractivity contribution in [1.82, 2.24) is 14.1 Å². The third kappa shape index (κ3) is 3.27. The monoisotopic (exact) mass is 493 g/mol. The van der Waals surface area contributed by atoms with Crippen LogP contribution in [0.2, 0.25) is 0 Å². The van der Waals surface area contributed by atoms with E-state index >= 15 is 0 Å². The summed E-state index contributed by atoms with van der Waals surface area (Å²) in [6.45, 7) is 4.50. The molecule has 0 fully saturated rings. The summed E-state index contributed by atoms with van der Waals surface area (Å²) in [6.07, 6.45) is 1.90. The van der Waals surface area contributed by atoms with Crippen LogP contribution < -0.4 is 0 Å². The van der Waals surface area contributed by atoms with Gasteiger partial charge in [0.15, 0.2) is 0 Å². The number of phenolic OH excluding ortho intramolecular Hbond substituents is 1. The SMILES string of the molecule is CC(C)(c1ccccc1)c1ccnc(-n2c3cc(O)ccc3c3c2c2ccccc2n3-c2ccccc2)c1. The standard InChI is InChI=1S/C34H27N3O/c1-34(2,23-11-5-3-6-12-23)24-19-20-35-31(21-24)37-30-22-26(38)17-18-28(30)32-33(37)27-15-9-10-16-29(27)36(32)25-13-7-4-8-14-25/h3-22,38H,1-2H3. The summed E-state index contributed by atoms with van der Waals surface area (Å²) >= 11 is 0. The molecular weight excluding hydrogens is 466 g/mol. The highest BCUT2D eigenvalue weighted by Gasteiger charge is 2.26. The quantitative estimate of drug-likeness (QED) is 0.269. The Morgan fingerprint density at radius 2 is 1.26 bits per heavy atom. The summed E-state index contributed by atoms with van der Waals surface area (Å²) < 4.78 is 4.52. The molecule has 4 heteroatoms. The van der Waals surface area contributed by atoms with Crippen LogP contribution >= 0.6 is 0 Å². The number of rotatable bonds is 4. The zero-order valence-corrected chi connectivity index (χ0v) is 21.3. The van der Waals surface area contributed by atoms with Crippen LogP contribution in [0, 0.1) is 0 Å². The Balaban J connectivity index is 1.59. The van der Waals surface area contributed by atoms with Crippen LogP contribution in [0.3, 0.4) is 0 Å². The third-order valence-corrected chi connectivity index (χ3v) is 7.76. The number of aromatic nitrogens is 3. The number of hydrogen-bond donors (Lipinski definition) is 1. The van der Waals surface area contributed by atoms with Gasteiger partial charge in [-0.25, -0.2) is 4.98 Å². The van der Waals surface area contributed by atoms with E-state index in [9.17, 15) is 5.11 Å². The summed E-state index contributed by atoms with van der Waals surface area (Å²) in [6, 6.07) is 39.4. The molecule has 0 spiro atoms. The fraction of sp³-hybridized carbons (Fsp3) is 0.0882. The molecule has 7 rings (SSSR count). The summed E-state index contributed by atoms with van der Waals surface area (Å²) in [5.74, 6) is 1.06. The van der Waals surface area contributed by atoms with Gasteiger partial charge in [0, 0.05) is 34.1 Å². The third-order valence-electron chi connectivity index (χ3n) is 7.76. The molecule has 0 radical (unpaired) electrons. The van der Waals surface area contributed by atoms with Gasteiger partial charge in [-0.2, -0.15) is 0 Å². The first-order valence-electron chi connectivity index (χ1n) is 12.9. The average Bonchev–Trinajstić information content (AvgIpc) is 3.46. The zero-order valence-electron chi connectivity index (χ0n) is 21.3. The lowest BCUT2D eigenvalue weighted by molar-refractivity contribution is 0.476. The van der Waals surface area contributed by atoms with E-state index < -0.39 is 0 Å². The van der Waals surface area contributed by atoms with E-state index in [1.165, 1.54) is 11.1 Å². The molecule has 0 saturated heterocycles. The minimum Gasteiger partial charge on any atom is -0.508 e. The smallest absolute Gasteiger partial charge is 0.137 e.